The maximum Gasteiger partial charge on any atom is 0.302 e. The maximum atomic E-state index is 13.7. The molecule has 0 saturated carbocycles. The van der Waals surface area contributed by atoms with Crippen molar-refractivity contribution in [3.05, 3.63) is 83.4 Å². The molecule has 12 nitrogen and oxygen atoms in total. The third kappa shape index (κ3) is 4.66. The molecule has 1 saturated heterocycles. The van der Waals surface area contributed by atoms with Gasteiger partial charge in [0, 0.05) is 12.5 Å². The Labute approximate surface area is 229 Å². The summed E-state index contributed by atoms with van der Waals surface area (Å²) in [7, 11) is -4.55. The average molecular weight is 574 g/mol. The summed E-state index contributed by atoms with van der Waals surface area (Å²) in [5.74, 6) is -0.929. The van der Waals surface area contributed by atoms with E-state index in [2.05, 4.69) is 5.32 Å². The van der Waals surface area contributed by atoms with Crippen LogP contribution in [0.5, 0.6) is 17.2 Å². The second-order valence-corrected chi connectivity index (χ2v) is 11.0. The molecule has 0 spiro atoms. The van der Waals surface area contributed by atoms with E-state index in [1.165, 1.54) is 73.7 Å². The Kier molecular flexibility index (Phi) is 7.20. The highest BCUT2D eigenvalue weighted by atomic mass is 32.2. The SMILES string of the molecule is CC(=O)N[C@H]1[C@H](Oc2cccc3c2S(=O)(=O)OC3(c2ccc(O)cc2)c2ccc(O)cc2)O[C@H](CO)[C@@H](O)[C@@H]1O. The topological polar surface area (TPSA) is 192 Å². The van der Waals surface area contributed by atoms with Crippen molar-refractivity contribution in [3.8, 4) is 17.2 Å². The van der Waals surface area contributed by atoms with Gasteiger partial charge >= 0.3 is 10.1 Å². The van der Waals surface area contributed by atoms with Gasteiger partial charge in [0.2, 0.25) is 12.2 Å². The first-order valence-corrected chi connectivity index (χ1v) is 13.6. The molecule has 0 aromatic heterocycles. The van der Waals surface area contributed by atoms with Crippen molar-refractivity contribution in [1.29, 1.82) is 0 Å². The van der Waals surface area contributed by atoms with Crippen LogP contribution in [0.4, 0.5) is 0 Å². The highest BCUT2D eigenvalue weighted by Gasteiger charge is 2.54. The molecular formula is C27H27NO11S. The lowest BCUT2D eigenvalue weighted by molar-refractivity contribution is -0.244. The number of carbonyl (C=O) groups is 1. The van der Waals surface area contributed by atoms with Gasteiger partial charge in [0.1, 0.15) is 46.5 Å². The van der Waals surface area contributed by atoms with Crippen LogP contribution in [0.2, 0.25) is 0 Å². The molecule has 0 aliphatic carbocycles. The van der Waals surface area contributed by atoms with E-state index in [1.807, 2.05) is 0 Å². The van der Waals surface area contributed by atoms with Crippen LogP contribution < -0.4 is 10.1 Å². The van der Waals surface area contributed by atoms with Gasteiger partial charge in [-0.25, -0.2) is 4.18 Å². The Morgan fingerprint density at radius 2 is 1.52 bits per heavy atom. The zero-order valence-corrected chi connectivity index (χ0v) is 21.9. The molecule has 1 amide bonds. The van der Waals surface area contributed by atoms with E-state index in [-0.39, 0.29) is 27.7 Å². The van der Waals surface area contributed by atoms with Crippen molar-refractivity contribution in [2.75, 3.05) is 6.61 Å². The fraction of sp³-hybridized carbons (Fsp3) is 0.296. The van der Waals surface area contributed by atoms with Crippen molar-refractivity contribution in [2.45, 2.75) is 48.1 Å². The highest BCUT2D eigenvalue weighted by molar-refractivity contribution is 7.87. The van der Waals surface area contributed by atoms with Crippen LogP contribution in [0, 0.1) is 0 Å². The normalized spacial score (nSPS) is 26.6. The number of aromatic hydroxyl groups is 2. The Bertz CT molecular complexity index is 1460. The number of aliphatic hydroxyl groups excluding tert-OH is 3. The largest absolute Gasteiger partial charge is 0.508 e. The number of hydrogen-bond donors (Lipinski definition) is 6. The van der Waals surface area contributed by atoms with Gasteiger partial charge in [0.05, 0.1) is 6.61 Å². The van der Waals surface area contributed by atoms with Crippen molar-refractivity contribution in [1.82, 2.24) is 5.32 Å². The van der Waals surface area contributed by atoms with Gasteiger partial charge in [-0.2, -0.15) is 8.42 Å². The standard InChI is InChI=1S/C27H27NO11S/c1-14(30)28-22-24(34)23(33)21(13-29)38-26(22)37-20-4-2-3-19-25(20)40(35,36)39-27(19,15-5-9-17(31)10-6-15)16-7-11-18(32)12-8-16/h2-12,21-24,26,29,31-34H,13H2,1H3,(H,28,30)/t21-,22-,23-,24-,26-/m1/s1. The minimum absolute atomic E-state index is 0.0552. The molecule has 5 atom stereocenters. The van der Waals surface area contributed by atoms with Gasteiger partial charge in [-0.1, -0.05) is 36.4 Å². The van der Waals surface area contributed by atoms with Gasteiger partial charge in [0.25, 0.3) is 0 Å². The van der Waals surface area contributed by atoms with Crippen LogP contribution in [0.3, 0.4) is 0 Å². The quantitative estimate of drug-likeness (QED) is 0.224. The minimum atomic E-state index is -4.55. The lowest BCUT2D eigenvalue weighted by Gasteiger charge is -2.42. The number of phenols is 2. The number of hydrogen-bond acceptors (Lipinski definition) is 11. The number of carbonyl (C=O) groups excluding carboxylic acids is 1. The van der Waals surface area contributed by atoms with Crippen LogP contribution >= 0.6 is 0 Å². The summed E-state index contributed by atoms with van der Waals surface area (Å²) in [5.41, 5.74) is -0.908. The van der Waals surface area contributed by atoms with E-state index < -0.39 is 58.9 Å². The number of aliphatic hydroxyl groups is 3. The number of benzene rings is 3. The molecule has 13 heteroatoms. The van der Waals surface area contributed by atoms with Gasteiger partial charge < -0.3 is 40.3 Å². The van der Waals surface area contributed by atoms with Crippen molar-refractivity contribution in [3.63, 3.8) is 0 Å². The lowest BCUT2D eigenvalue weighted by atomic mass is 9.80. The summed E-state index contributed by atoms with van der Waals surface area (Å²) in [6, 6.07) is 14.6. The molecule has 6 N–H and O–H groups in total. The van der Waals surface area contributed by atoms with Gasteiger partial charge in [-0.3, -0.25) is 4.79 Å². The zero-order valence-electron chi connectivity index (χ0n) is 21.0. The van der Waals surface area contributed by atoms with Gasteiger partial charge in [-0.05, 0) is 41.5 Å². The molecule has 1 fully saturated rings. The van der Waals surface area contributed by atoms with Crippen LogP contribution in [0.1, 0.15) is 23.6 Å². The fourth-order valence-electron chi connectivity index (χ4n) is 5.06. The number of nitrogens with one attached hydrogen (secondary N) is 1. The van der Waals surface area contributed by atoms with Gasteiger partial charge in [0.15, 0.2) is 5.60 Å². The molecule has 0 bridgehead atoms. The molecule has 212 valence electrons. The van der Waals surface area contributed by atoms with Crippen molar-refractivity contribution < 1.29 is 52.4 Å². The summed E-state index contributed by atoms with van der Waals surface area (Å²) in [5, 5.41) is 52.8. The first kappa shape index (κ1) is 27.8. The van der Waals surface area contributed by atoms with Crippen molar-refractivity contribution in [2.24, 2.45) is 0 Å². The monoisotopic (exact) mass is 573 g/mol. The molecule has 2 heterocycles. The number of rotatable bonds is 6. The fourth-order valence-corrected chi connectivity index (χ4v) is 6.60. The number of ether oxygens (including phenoxy) is 2. The Hall–Kier alpha value is -3.72. The van der Waals surface area contributed by atoms with Crippen molar-refractivity contribution >= 4 is 16.0 Å². The zero-order chi connectivity index (χ0) is 28.8. The van der Waals surface area contributed by atoms with E-state index in [0.717, 1.165) is 0 Å². The van der Waals surface area contributed by atoms with Crippen LogP contribution in [0.25, 0.3) is 0 Å². The second kappa shape index (κ2) is 10.4. The summed E-state index contributed by atoms with van der Waals surface area (Å²) in [4.78, 5) is 11.5. The predicted octanol–water partition coefficient (Wildman–Crippen LogP) is 0.431. The first-order valence-electron chi connectivity index (χ1n) is 12.2. The second-order valence-electron chi connectivity index (χ2n) is 9.50. The van der Waals surface area contributed by atoms with E-state index in [0.29, 0.717) is 11.1 Å². The van der Waals surface area contributed by atoms with E-state index in [4.69, 9.17) is 13.7 Å². The number of amides is 1. The highest BCUT2D eigenvalue weighted by Crippen LogP contribution is 2.53. The minimum Gasteiger partial charge on any atom is -0.508 e. The number of fused-ring (bicyclic) bond motifs is 1. The molecule has 2 aliphatic rings. The van der Waals surface area contributed by atoms with E-state index in [1.54, 1.807) is 0 Å². The summed E-state index contributed by atoms with van der Waals surface area (Å²) in [6.07, 6.45) is -5.98. The molecule has 5 rings (SSSR count). The smallest absolute Gasteiger partial charge is 0.302 e. The summed E-state index contributed by atoms with van der Waals surface area (Å²) >= 11 is 0. The molecule has 40 heavy (non-hydrogen) atoms. The summed E-state index contributed by atoms with van der Waals surface area (Å²) < 4.78 is 44.7. The Balaban J connectivity index is 1.67. The predicted molar refractivity (Wildman–Crippen MR) is 137 cm³/mol. The molecular weight excluding hydrogens is 546 g/mol. The van der Waals surface area contributed by atoms with Crippen LogP contribution in [0.15, 0.2) is 71.6 Å². The molecule has 2 aliphatic heterocycles. The Morgan fingerprint density at radius 1 is 0.950 bits per heavy atom. The average Bonchev–Trinajstić information content (AvgIpc) is 3.17. The molecule has 3 aromatic rings. The summed E-state index contributed by atoms with van der Waals surface area (Å²) in [6.45, 7) is 0.487. The molecule has 0 unspecified atom stereocenters. The van der Waals surface area contributed by atoms with Crippen LogP contribution in [-0.4, -0.2) is 77.1 Å². The van der Waals surface area contributed by atoms with Crippen LogP contribution in [-0.2, 0) is 29.4 Å². The van der Waals surface area contributed by atoms with E-state index >= 15 is 0 Å². The maximum absolute atomic E-state index is 13.7. The molecule has 0 radical (unpaired) electrons. The Morgan fingerprint density at radius 3 is 2.05 bits per heavy atom. The lowest BCUT2D eigenvalue weighted by Crippen LogP contribution is -2.65. The first-order chi connectivity index (χ1) is 19.0. The molecule has 3 aromatic carbocycles. The number of phenolic OH excluding ortho intramolecular Hbond substituents is 2. The third-order valence-corrected chi connectivity index (χ3v) is 8.27. The third-order valence-electron chi connectivity index (χ3n) is 6.88. The van der Waals surface area contributed by atoms with Gasteiger partial charge in [-0.15, -0.1) is 0 Å². The van der Waals surface area contributed by atoms with E-state index in [9.17, 15) is 38.7 Å².